The third-order valence-corrected chi connectivity index (χ3v) is 4.14. The Morgan fingerprint density at radius 1 is 1.33 bits per heavy atom. The second-order valence-electron chi connectivity index (χ2n) is 5.35. The molecule has 0 spiro atoms. The van der Waals surface area contributed by atoms with E-state index in [-0.39, 0.29) is 0 Å². The minimum atomic E-state index is -0.918. The average Bonchev–Trinajstić information content (AvgIpc) is 2.65. The molecular weight excluding hydrogens is 189 g/mol. The molecule has 0 N–H and O–H groups in total. The van der Waals surface area contributed by atoms with Gasteiger partial charge in [0.2, 0.25) is 0 Å². The van der Waals surface area contributed by atoms with Crippen LogP contribution in [-0.2, 0) is 0 Å². The van der Waals surface area contributed by atoms with Crippen LogP contribution < -0.4 is 0 Å². The summed E-state index contributed by atoms with van der Waals surface area (Å²) in [6.45, 7) is 7.52. The van der Waals surface area contributed by atoms with E-state index in [1.165, 1.54) is 19.3 Å². The zero-order valence-electron chi connectivity index (χ0n) is 9.71. The molecule has 0 aromatic heterocycles. The van der Waals surface area contributed by atoms with Gasteiger partial charge in [-0.2, -0.15) is 0 Å². The highest BCUT2D eigenvalue weighted by molar-refractivity contribution is 4.96. The van der Waals surface area contributed by atoms with Gasteiger partial charge in [0.25, 0.3) is 0 Å². The van der Waals surface area contributed by atoms with Crippen molar-refractivity contribution in [3.8, 4) is 0 Å². The van der Waals surface area contributed by atoms with Crippen LogP contribution >= 0.6 is 0 Å². The van der Waals surface area contributed by atoms with E-state index in [0.717, 1.165) is 13.1 Å². The van der Waals surface area contributed by atoms with E-state index >= 15 is 0 Å². The van der Waals surface area contributed by atoms with Gasteiger partial charge in [0.1, 0.15) is 5.67 Å². The van der Waals surface area contributed by atoms with Gasteiger partial charge in [0.15, 0.2) is 0 Å². The summed E-state index contributed by atoms with van der Waals surface area (Å²) in [6.07, 6.45) is 7.36. The molecule has 1 nitrogen and oxygen atoms in total. The summed E-state index contributed by atoms with van der Waals surface area (Å²) in [5, 5.41) is 0. The van der Waals surface area contributed by atoms with E-state index in [1.807, 2.05) is 0 Å². The molecule has 2 heteroatoms. The lowest BCUT2D eigenvalue weighted by atomic mass is 9.92. The molecule has 0 radical (unpaired) electrons. The minimum Gasteiger partial charge on any atom is -0.300 e. The molecule has 1 saturated carbocycles. The Morgan fingerprint density at radius 2 is 2.00 bits per heavy atom. The Morgan fingerprint density at radius 3 is 2.60 bits per heavy atom. The molecule has 86 valence electrons. The highest BCUT2D eigenvalue weighted by Crippen LogP contribution is 2.34. The first-order valence-corrected chi connectivity index (χ1v) is 6.18. The van der Waals surface area contributed by atoms with Crippen molar-refractivity contribution in [1.29, 1.82) is 0 Å². The molecule has 0 bridgehead atoms. The predicted molar refractivity (Wildman–Crippen MR) is 61.6 cm³/mol. The lowest BCUT2D eigenvalue weighted by Gasteiger charge is -2.39. The molecule has 2 aliphatic rings. The van der Waals surface area contributed by atoms with E-state index in [2.05, 4.69) is 17.6 Å². The number of alkyl halides is 1. The summed E-state index contributed by atoms with van der Waals surface area (Å²) in [5.74, 6) is 0.647. The average molecular weight is 211 g/mol. The smallest absolute Gasteiger partial charge is 0.110 e. The third kappa shape index (κ3) is 2.41. The fourth-order valence-corrected chi connectivity index (χ4v) is 3.02. The van der Waals surface area contributed by atoms with Crippen LogP contribution in [0.1, 0.15) is 39.0 Å². The van der Waals surface area contributed by atoms with Crippen molar-refractivity contribution in [3.05, 3.63) is 12.7 Å². The van der Waals surface area contributed by atoms with Gasteiger partial charge in [-0.1, -0.05) is 12.5 Å². The van der Waals surface area contributed by atoms with Crippen LogP contribution in [0, 0.1) is 5.92 Å². The predicted octanol–water partition coefficient (Wildman–Crippen LogP) is 3.17. The standard InChI is InChI=1S/C13H22FN/c1-3-11-5-4-6-12(11)15-9-7-13(2,14)8-10-15/h3,11-12H,1,4-10H2,2H3. The summed E-state index contributed by atoms with van der Waals surface area (Å²) < 4.78 is 13.7. The van der Waals surface area contributed by atoms with Crippen molar-refractivity contribution in [2.45, 2.75) is 50.7 Å². The van der Waals surface area contributed by atoms with Gasteiger partial charge >= 0.3 is 0 Å². The first-order chi connectivity index (χ1) is 7.12. The molecule has 2 unspecified atom stereocenters. The molecule has 2 atom stereocenters. The van der Waals surface area contributed by atoms with E-state index in [4.69, 9.17) is 0 Å². The maximum Gasteiger partial charge on any atom is 0.110 e. The van der Waals surface area contributed by atoms with E-state index in [0.29, 0.717) is 24.8 Å². The van der Waals surface area contributed by atoms with Gasteiger partial charge in [-0.25, -0.2) is 4.39 Å². The van der Waals surface area contributed by atoms with Gasteiger partial charge in [-0.15, -0.1) is 6.58 Å². The number of halogens is 1. The number of rotatable bonds is 2. The number of hydrogen-bond donors (Lipinski definition) is 0. The molecule has 0 aromatic rings. The molecule has 1 aliphatic heterocycles. The first kappa shape index (κ1) is 11.1. The van der Waals surface area contributed by atoms with Crippen LogP contribution in [0.4, 0.5) is 4.39 Å². The summed E-state index contributed by atoms with van der Waals surface area (Å²) in [6, 6.07) is 0.651. The molecule has 2 fully saturated rings. The van der Waals surface area contributed by atoms with Crippen LogP contribution in [0.2, 0.25) is 0 Å². The molecule has 1 saturated heterocycles. The van der Waals surface area contributed by atoms with Gasteiger partial charge in [0.05, 0.1) is 0 Å². The molecular formula is C13H22FN. The topological polar surface area (TPSA) is 3.24 Å². The Kier molecular flexibility index (Phi) is 3.15. The number of nitrogens with zero attached hydrogens (tertiary/aromatic N) is 1. The highest BCUT2D eigenvalue weighted by Gasteiger charge is 2.36. The number of hydrogen-bond acceptors (Lipinski definition) is 1. The molecule has 0 aromatic carbocycles. The SMILES string of the molecule is C=CC1CCCC1N1CCC(C)(F)CC1. The molecule has 0 amide bonds. The van der Waals surface area contributed by atoms with Crippen molar-refractivity contribution >= 4 is 0 Å². The Balaban J connectivity index is 1.92. The van der Waals surface area contributed by atoms with Crippen LogP contribution in [0.15, 0.2) is 12.7 Å². The largest absolute Gasteiger partial charge is 0.300 e. The minimum absolute atomic E-state index is 0.647. The van der Waals surface area contributed by atoms with E-state index in [1.54, 1.807) is 6.92 Å². The first-order valence-electron chi connectivity index (χ1n) is 6.18. The summed E-state index contributed by atoms with van der Waals surface area (Å²) in [7, 11) is 0. The molecule has 1 heterocycles. The van der Waals surface area contributed by atoms with Gasteiger partial charge in [-0.3, -0.25) is 4.90 Å². The third-order valence-electron chi connectivity index (χ3n) is 4.14. The Bertz CT molecular complexity index is 227. The van der Waals surface area contributed by atoms with Crippen molar-refractivity contribution in [3.63, 3.8) is 0 Å². The summed E-state index contributed by atoms with van der Waals surface area (Å²) in [4.78, 5) is 2.49. The second kappa shape index (κ2) is 4.25. The van der Waals surface area contributed by atoms with Gasteiger partial charge < -0.3 is 0 Å². The maximum absolute atomic E-state index is 13.7. The van der Waals surface area contributed by atoms with Crippen molar-refractivity contribution in [2.75, 3.05) is 13.1 Å². The van der Waals surface area contributed by atoms with Crippen molar-refractivity contribution in [1.82, 2.24) is 4.90 Å². The van der Waals surface area contributed by atoms with Crippen LogP contribution in [0.3, 0.4) is 0 Å². The Hall–Kier alpha value is -0.370. The van der Waals surface area contributed by atoms with Crippen LogP contribution in [-0.4, -0.2) is 29.7 Å². The van der Waals surface area contributed by atoms with Crippen LogP contribution in [0.5, 0.6) is 0 Å². The van der Waals surface area contributed by atoms with Crippen molar-refractivity contribution in [2.24, 2.45) is 5.92 Å². The lowest BCUT2D eigenvalue weighted by Crippen LogP contribution is -2.46. The van der Waals surface area contributed by atoms with Crippen molar-refractivity contribution < 1.29 is 4.39 Å². The summed E-state index contributed by atoms with van der Waals surface area (Å²) in [5.41, 5.74) is -0.918. The number of piperidine rings is 1. The zero-order chi connectivity index (χ0) is 10.9. The van der Waals surface area contributed by atoms with Crippen LogP contribution in [0.25, 0.3) is 0 Å². The normalized spacial score (nSPS) is 36.7. The quantitative estimate of drug-likeness (QED) is 0.634. The molecule has 15 heavy (non-hydrogen) atoms. The maximum atomic E-state index is 13.7. The van der Waals surface area contributed by atoms with Gasteiger partial charge in [0, 0.05) is 19.1 Å². The zero-order valence-corrected chi connectivity index (χ0v) is 9.71. The molecule has 2 rings (SSSR count). The lowest BCUT2D eigenvalue weighted by molar-refractivity contribution is 0.0457. The van der Waals surface area contributed by atoms with E-state index in [9.17, 15) is 4.39 Å². The second-order valence-corrected chi connectivity index (χ2v) is 5.35. The molecule has 1 aliphatic carbocycles. The van der Waals surface area contributed by atoms with Gasteiger partial charge in [-0.05, 0) is 38.5 Å². The van der Waals surface area contributed by atoms with E-state index < -0.39 is 5.67 Å². The highest BCUT2D eigenvalue weighted by atomic mass is 19.1. The fraction of sp³-hybridized carbons (Fsp3) is 0.846. The summed E-state index contributed by atoms with van der Waals surface area (Å²) >= 11 is 0. The fourth-order valence-electron chi connectivity index (χ4n) is 3.02. The number of likely N-dealkylation sites (tertiary alicyclic amines) is 1. The Labute approximate surface area is 92.3 Å². The monoisotopic (exact) mass is 211 g/mol.